The summed E-state index contributed by atoms with van der Waals surface area (Å²) in [7, 11) is 1.50. The monoisotopic (exact) mass is 408 g/mol. The van der Waals surface area contributed by atoms with E-state index in [1.165, 1.54) is 18.1 Å². The third-order valence-electron chi connectivity index (χ3n) is 5.17. The Morgan fingerprint density at radius 2 is 1.93 bits per heavy atom. The van der Waals surface area contributed by atoms with Gasteiger partial charge in [-0.3, -0.25) is 4.79 Å². The molecule has 1 aromatic carbocycles. The summed E-state index contributed by atoms with van der Waals surface area (Å²) in [6.07, 6.45) is -0.143. The number of ether oxygens (including phenoxy) is 3. The fourth-order valence-electron chi connectivity index (χ4n) is 3.76. The van der Waals surface area contributed by atoms with Crippen LogP contribution in [0.25, 0.3) is 0 Å². The molecular formula is C21H29FN2O5. The van der Waals surface area contributed by atoms with Gasteiger partial charge < -0.3 is 24.0 Å². The molecule has 8 heteroatoms. The molecule has 0 N–H and O–H groups in total. The number of morpholine rings is 1. The molecule has 0 bridgehead atoms. The number of likely N-dealkylation sites (tertiary alicyclic amines) is 1. The van der Waals surface area contributed by atoms with Crippen molar-refractivity contribution in [2.24, 2.45) is 0 Å². The lowest BCUT2D eigenvalue weighted by molar-refractivity contribution is -0.171. The van der Waals surface area contributed by atoms with Gasteiger partial charge >= 0.3 is 6.09 Å². The maximum absolute atomic E-state index is 14.4. The molecule has 2 aliphatic heterocycles. The number of carbonyl (C=O) groups excluding carboxylic acids is 2. The van der Waals surface area contributed by atoms with Gasteiger partial charge in [0, 0.05) is 20.2 Å². The van der Waals surface area contributed by atoms with Crippen molar-refractivity contribution in [2.45, 2.75) is 50.9 Å². The summed E-state index contributed by atoms with van der Waals surface area (Å²) >= 11 is 0. The standard InChI is InChI=1S/C21H29FN2O5/c1-20(2,3)29-19(26)23-11-9-21(10-12-23)14-24(16-8-6-5-7-15(16)22)18(25)17(28-21)13-27-4/h5-8,17H,9-14H2,1-4H3. The van der Waals surface area contributed by atoms with Crippen molar-refractivity contribution in [3.63, 3.8) is 0 Å². The Bertz CT molecular complexity index is 756. The van der Waals surface area contributed by atoms with Gasteiger partial charge in [0.05, 0.1) is 24.4 Å². The lowest BCUT2D eigenvalue weighted by Crippen LogP contribution is -2.63. The molecule has 2 aliphatic rings. The molecule has 0 radical (unpaired) electrons. The summed E-state index contributed by atoms with van der Waals surface area (Å²) in [5, 5.41) is 0. The highest BCUT2D eigenvalue weighted by atomic mass is 19.1. The Kier molecular flexibility index (Phi) is 6.14. The number of methoxy groups -OCH3 is 1. The van der Waals surface area contributed by atoms with Crippen LogP contribution in [0.2, 0.25) is 0 Å². The molecule has 1 spiro atoms. The summed E-state index contributed by atoms with van der Waals surface area (Å²) < 4.78 is 31.2. The number of amides is 2. The molecule has 29 heavy (non-hydrogen) atoms. The molecule has 0 aliphatic carbocycles. The molecule has 2 amide bonds. The molecule has 3 rings (SSSR count). The second-order valence-corrected chi connectivity index (χ2v) is 8.59. The summed E-state index contributed by atoms with van der Waals surface area (Å²) in [4.78, 5) is 28.4. The van der Waals surface area contributed by atoms with Crippen molar-refractivity contribution >= 4 is 17.7 Å². The topological polar surface area (TPSA) is 68.3 Å². The average Bonchev–Trinajstić information content (AvgIpc) is 2.64. The third kappa shape index (κ3) is 4.87. The second kappa shape index (κ2) is 8.28. The van der Waals surface area contributed by atoms with Crippen LogP contribution in [0.1, 0.15) is 33.6 Å². The number of para-hydroxylation sites is 1. The van der Waals surface area contributed by atoms with Gasteiger partial charge in [0.1, 0.15) is 11.4 Å². The van der Waals surface area contributed by atoms with E-state index >= 15 is 0 Å². The Morgan fingerprint density at radius 1 is 1.28 bits per heavy atom. The van der Waals surface area contributed by atoms with Gasteiger partial charge in [-0.2, -0.15) is 0 Å². The Hall–Kier alpha value is -2.19. The number of hydrogen-bond donors (Lipinski definition) is 0. The number of carbonyl (C=O) groups is 2. The first kappa shape index (κ1) is 21.5. The summed E-state index contributed by atoms with van der Waals surface area (Å²) in [6, 6.07) is 6.21. The maximum Gasteiger partial charge on any atom is 0.410 e. The average molecular weight is 408 g/mol. The lowest BCUT2D eigenvalue weighted by Gasteiger charge is -2.49. The van der Waals surface area contributed by atoms with Crippen molar-refractivity contribution in [3.05, 3.63) is 30.1 Å². The van der Waals surface area contributed by atoms with E-state index in [9.17, 15) is 14.0 Å². The lowest BCUT2D eigenvalue weighted by atomic mass is 9.88. The summed E-state index contributed by atoms with van der Waals surface area (Å²) in [5.74, 6) is -0.780. The van der Waals surface area contributed by atoms with Gasteiger partial charge in [-0.1, -0.05) is 12.1 Å². The van der Waals surface area contributed by atoms with Crippen molar-refractivity contribution in [3.8, 4) is 0 Å². The first-order chi connectivity index (χ1) is 13.6. The minimum atomic E-state index is -0.818. The first-order valence-corrected chi connectivity index (χ1v) is 9.85. The van der Waals surface area contributed by atoms with Crippen LogP contribution in [0.15, 0.2) is 24.3 Å². The fraction of sp³-hybridized carbons (Fsp3) is 0.619. The quantitative estimate of drug-likeness (QED) is 0.769. The van der Waals surface area contributed by atoms with Crippen molar-refractivity contribution in [1.82, 2.24) is 4.90 Å². The van der Waals surface area contributed by atoms with Crippen LogP contribution >= 0.6 is 0 Å². The maximum atomic E-state index is 14.4. The van der Waals surface area contributed by atoms with Crippen LogP contribution in [0.3, 0.4) is 0 Å². The van der Waals surface area contributed by atoms with Crippen LogP contribution in [0.5, 0.6) is 0 Å². The predicted molar refractivity (Wildman–Crippen MR) is 105 cm³/mol. The molecule has 2 saturated heterocycles. The van der Waals surface area contributed by atoms with Crippen LogP contribution in [-0.4, -0.2) is 67.6 Å². The van der Waals surface area contributed by atoms with Crippen LogP contribution < -0.4 is 4.90 Å². The molecule has 0 saturated carbocycles. The molecule has 2 heterocycles. The molecular weight excluding hydrogens is 379 g/mol. The van der Waals surface area contributed by atoms with E-state index in [1.54, 1.807) is 23.1 Å². The van der Waals surface area contributed by atoms with E-state index in [-0.39, 0.29) is 30.8 Å². The van der Waals surface area contributed by atoms with Crippen molar-refractivity contribution in [2.75, 3.05) is 38.3 Å². The molecule has 7 nitrogen and oxygen atoms in total. The molecule has 160 valence electrons. The zero-order chi connectivity index (χ0) is 21.2. The van der Waals surface area contributed by atoms with Gasteiger partial charge in [0.25, 0.3) is 5.91 Å². The largest absolute Gasteiger partial charge is 0.444 e. The van der Waals surface area contributed by atoms with Gasteiger partial charge in [0.2, 0.25) is 0 Å². The normalized spacial score (nSPS) is 22.1. The van der Waals surface area contributed by atoms with E-state index in [0.29, 0.717) is 25.9 Å². The highest BCUT2D eigenvalue weighted by Crippen LogP contribution is 2.36. The minimum Gasteiger partial charge on any atom is -0.444 e. The van der Waals surface area contributed by atoms with Gasteiger partial charge in [-0.25, -0.2) is 9.18 Å². The van der Waals surface area contributed by atoms with Crippen LogP contribution in [0, 0.1) is 5.82 Å². The zero-order valence-electron chi connectivity index (χ0n) is 17.4. The van der Waals surface area contributed by atoms with E-state index in [0.717, 1.165) is 0 Å². The molecule has 0 aromatic heterocycles. The van der Waals surface area contributed by atoms with Crippen LogP contribution in [-0.2, 0) is 19.0 Å². The number of hydrogen-bond acceptors (Lipinski definition) is 5. The highest BCUT2D eigenvalue weighted by molar-refractivity contribution is 5.97. The van der Waals surface area contributed by atoms with Crippen molar-refractivity contribution in [1.29, 1.82) is 0 Å². The summed E-state index contributed by atoms with van der Waals surface area (Å²) in [5.41, 5.74) is -1.00. The van der Waals surface area contributed by atoms with E-state index in [4.69, 9.17) is 14.2 Å². The van der Waals surface area contributed by atoms with Crippen LogP contribution in [0.4, 0.5) is 14.9 Å². The predicted octanol–water partition coefficient (Wildman–Crippen LogP) is 2.97. The van der Waals surface area contributed by atoms with E-state index in [1.807, 2.05) is 20.8 Å². The molecule has 1 unspecified atom stereocenters. The van der Waals surface area contributed by atoms with E-state index in [2.05, 4.69) is 0 Å². The highest BCUT2D eigenvalue weighted by Gasteiger charge is 2.48. The Balaban J connectivity index is 1.78. The minimum absolute atomic E-state index is 0.0846. The fourth-order valence-corrected chi connectivity index (χ4v) is 3.76. The number of nitrogens with zero attached hydrogens (tertiary/aromatic N) is 2. The van der Waals surface area contributed by atoms with E-state index < -0.39 is 23.1 Å². The number of benzene rings is 1. The van der Waals surface area contributed by atoms with Gasteiger partial charge in [-0.05, 0) is 45.7 Å². The molecule has 1 aromatic rings. The SMILES string of the molecule is COCC1OC2(CCN(C(=O)OC(C)(C)C)CC2)CN(c2ccccc2F)C1=O. The zero-order valence-corrected chi connectivity index (χ0v) is 17.4. The molecule has 2 fully saturated rings. The number of anilines is 1. The summed E-state index contributed by atoms with van der Waals surface area (Å²) in [6.45, 7) is 6.67. The Morgan fingerprint density at radius 3 is 2.52 bits per heavy atom. The first-order valence-electron chi connectivity index (χ1n) is 9.85. The van der Waals surface area contributed by atoms with Gasteiger partial charge in [0.15, 0.2) is 6.10 Å². The second-order valence-electron chi connectivity index (χ2n) is 8.59. The number of rotatable bonds is 3. The third-order valence-corrected chi connectivity index (χ3v) is 5.17. The van der Waals surface area contributed by atoms with Crippen molar-refractivity contribution < 1.29 is 28.2 Å². The molecule has 1 atom stereocenters. The number of halogens is 1. The number of piperidine rings is 1. The van der Waals surface area contributed by atoms with Gasteiger partial charge in [-0.15, -0.1) is 0 Å². The smallest absolute Gasteiger partial charge is 0.410 e. The Labute approximate surface area is 170 Å².